The summed E-state index contributed by atoms with van der Waals surface area (Å²) in [7, 11) is 0. The van der Waals surface area contributed by atoms with Gasteiger partial charge >= 0.3 is 5.97 Å². The molecule has 0 fully saturated rings. The molecule has 0 aliphatic heterocycles. The minimum Gasteiger partial charge on any atom is -0.461 e. The first-order valence-electron chi connectivity index (χ1n) is 4.84. The lowest BCUT2D eigenvalue weighted by Crippen LogP contribution is -2.29. The summed E-state index contributed by atoms with van der Waals surface area (Å²) in [5.74, 6) is -1.24. The third kappa shape index (κ3) is 5.85. The molecule has 16 heavy (non-hydrogen) atoms. The number of ketones is 1. The van der Waals surface area contributed by atoms with Crippen molar-refractivity contribution in [1.29, 1.82) is 0 Å². The van der Waals surface area contributed by atoms with E-state index in [2.05, 4.69) is 21.1 Å². The quantitative estimate of drug-likeness (QED) is 0.254. The third-order valence-corrected chi connectivity index (χ3v) is 1.77. The zero-order valence-corrected chi connectivity index (χ0v) is 11.5. The van der Waals surface area contributed by atoms with E-state index in [4.69, 9.17) is 9.57 Å². The fourth-order valence-electron chi connectivity index (χ4n) is 0.647. The lowest BCUT2D eigenvalue weighted by Gasteiger charge is -2.16. The standard InChI is InChI=1S/C10H16BrNO4/c1-5-15-9(14)8(7(13)6-11)12-16-10(2,3)4/h5-6H2,1-4H3/b12-8-. The Morgan fingerprint density at radius 1 is 1.31 bits per heavy atom. The molecule has 0 unspecified atom stereocenters. The monoisotopic (exact) mass is 293 g/mol. The summed E-state index contributed by atoms with van der Waals surface area (Å²) in [4.78, 5) is 27.8. The molecule has 0 saturated heterocycles. The van der Waals surface area contributed by atoms with Crippen molar-refractivity contribution in [2.45, 2.75) is 33.3 Å². The second-order valence-corrected chi connectivity index (χ2v) is 4.48. The van der Waals surface area contributed by atoms with Gasteiger partial charge < -0.3 is 9.57 Å². The Balaban J connectivity index is 4.80. The predicted molar refractivity (Wildman–Crippen MR) is 63.7 cm³/mol. The van der Waals surface area contributed by atoms with E-state index in [1.54, 1.807) is 27.7 Å². The van der Waals surface area contributed by atoms with Crippen molar-refractivity contribution >= 4 is 33.4 Å². The van der Waals surface area contributed by atoms with Crippen molar-refractivity contribution < 1.29 is 19.2 Å². The summed E-state index contributed by atoms with van der Waals surface area (Å²) in [6.45, 7) is 7.12. The Labute approximate surface area is 103 Å². The fourth-order valence-corrected chi connectivity index (χ4v) is 0.913. The van der Waals surface area contributed by atoms with Gasteiger partial charge in [0, 0.05) is 0 Å². The van der Waals surface area contributed by atoms with Gasteiger partial charge in [-0.1, -0.05) is 21.1 Å². The lowest BCUT2D eigenvalue weighted by atomic mass is 10.2. The molecular formula is C10H16BrNO4. The van der Waals surface area contributed by atoms with Gasteiger partial charge in [-0.3, -0.25) is 4.79 Å². The second kappa shape index (κ2) is 6.62. The van der Waals surface area contributed by atoms with E-state index in [1.165, 1.54) is 0 Å². The highest BCUT2D eigenvalue weighted by molar-refractivity contribution is 9.09. The molecule has 5 nitrogen and oxygen atoms in total. The minimum absolute atomic E-state index is 0.00183. The van der Waals surface area contributed by atoms with Crippen LogP contribution in [-0.4, -0.2) is 35.0 Å². The number of hydrogen-bond acceptors (Lipinski definition) is 5. The van der Waals surface area contributed by atoms with Crippen LogP contribution < -0.4 is 0 Å². The number of ether oxygens (including phenoxy) is 1. The molecule has 0 atom stereocenters. The van der Waals surface area contributed by atoms with Gasteiger partial charge in [0.1, 0.15) is 5.60 Å². The van der Waals surface area contributed by atoms with Crippen LogP contribution >= 0.6 is 15.9 Å². The van der Waals surface area contributed by atoms with Gasteiger partial charge in [0.15, 0.2) is 0 Å². The number of rotatable bonds is 5. The van der Waals surface area contributed by atoms with E-state index in [0.29, 0.717) is 0 Å². The Kier molecular flexibility index (Phi) is 6.25. The molecule has 0 bridgehead atoms. The van der Waals surface area contributed by atoms with Gasteiger partial charge in [0.25, 0.3) is 0 Å². The van der Waals surface area contributed by atoms with Crippen LogP contribution in [0.5, 0.6) is 0 Å². The molecule has 0 heterocycles. The smallest absolute Gasteiger partial charge is 0.364 e. The van der Waals surface area contributed by atoms with Crippen molar-refractivity contribution in [2.24, 2.45) is 5.16 Å². The molecule has 0 aliphatic carbocycles. The van der Waals surface area contributed by atoms with Crippen molar-refractivity contribution in [2.75, 3.05) is 11.9 Å². The lowest BCUT2D eigenvalue weighted by molar-refractivity contribution is -0.136. The SMILES string of the molecule is CCOC(=O)/C(=N\OC(C)(C)C)C(=O)CBr. The van der Waals surface area contributed by atoms with Gasteiger partial charge in [-0.2, -0.15) is 0 Å². The maximum absolute atomic E-state index is 11.4. The van der Waals surface area contributed by atoms with Crippen molar-refractivity contribution in [3.63, 3.8) is 0 Å². The molecule has 0 N–H and O–H groups in total. The van der Waals surface area contributed by atoms with Crippen molar-refractivity contribution in [3.8, 4) is 0 Å². The van der Waals surface area contributed by atoms with Gasteiger partial charge in [0.05, 0.1) is 11.9 Å². The maximum Gasteiger partial charge on any atom is 0.364 e. The number of halogens is 1. The van der Waals surface area contributed by atoms with E-state index in [9.17, 15) is 9.59 Å². The van der Waals surface area contributed by atoms with Crippen molar-refractivity contribution in [3.05, 3.63) is 0 Å². The molecule has 0 amide bonds. The number of alkyl halides is 1. The van der Waals surface area contributed by atoms with E-state index < -0.39 is 17.4 Å². The van der Waals surface area contributed by atoms with Gasteiger partial charge in [0.2, 0.25) is 11.5 Å². The largest absolute Gasteiger partial charge is 0.461 e. The zero-order valence-electron chi connectivity index (χ0n) is 9.87. The number of oxime groups is 1. The Bertz CT molecular complexity index is 294. The molecule has 0 spiro atoms. The first kappa shape index (κ1) is 15.1. The molecule has 0 radical (unpaired) electrons. The van der Waals surface area contributed by atoms with Gasteiger partial charge in [-0.05, 0) is 27.7 Å². The molecule has 0 rings (SSSR count). The fraction of sp³-hybridized carbons (Fsp3) is 0.700. The number of nitrogens with zero attached hydrogens (tertiary/aromatic N) is 1. The third-order valence-electron chi connectivity index (χ3n) is 1.27. The average Bonchev–Trinajstić information content (AvgIpc) is 2.16. The second-order valence-electron chi connectivity index (χ2n) is 3.92. The Morgan fingerprint density at radius 3 is 2.25 bits per heavy atom. The van der Waals surface area contributed by atoms with Crippen LogP contribution in [0, 0.1) is 0 Å². The molecular weight excluding hydrogens is 278 g/mol. The molecule has 0 aliphatic rings. The van der Waals surface area contributed by atoms with Crippen LogP contribution in [0.3, 0.4) is 0 Å². The molecule has 6 heteroatoms. The van der Waals surface area contributed by atoms with Crippen LogP contribution in [0.2, 0.25) is 0 Å². The molecule has 92 valence electrons. The van der Waals surface area contributed by atoms with E-state index in [0.717, 1.165) is 0 Å². The molecule has 0 saturated carbocycles. The Hall–Kier alpha value is -0.910. The molecule has 0 aromatic rings. The van der Waals surface area contributed by atoms with E-state index in [-0.39, 0.29) is 17.6 Å². The van der Waals surface area contributed by atoms with Crippen LogP contribution in [0.1, 0.15) is 27.7 Å². The number of carbonyl (C=O) groups excluding carboxylic acids is 2. The van der Waals surface area contributed by atoms with E-state index >= 15 is 0 Å². The predicted octanol–water partition coefficient (Wildman–Crippen LogP) is 1.68. The first-order valence-corrected chi connectivity index (χ1v) is 5.96. The average molecular weight is 294 g/mol. The number of carbonyl (C=O) groups is 2. The number of hydrogen-bond donors (Lipinski definition) is 0. The summed E-state index contributed by atoms with van der Waals surface area (Å²) in [5, 5.41) is 3.55. The minimum atomic E-state index is -0.767. The summed E-state index contributed by atoms with van der Waals surface area (Å²) >= 11 is 2.96. The summed E-state index contributed by atoms with van der Waals surface area (Å²) in [5.41, 5.74) is -0.890. The van der Waals surface area contributed by atoms with Gasteiger partial charge in [-0.15, -0.1) is 0 Å². The van der Waals surface area contributed by atoms with Crippen molar-refractivity contribution in [1.82, 2.24) is 0 Å². The van der Waals surface area contributed by atoms with Crippen LogP contribution in [0.4, 0.5) is 0 Å². The highest BCUT2D eigenvalue weighted by Crippen LogP contribution is 2.07. The topological polar surface area (TPSA) is 65.0 Å². The van der Waals surface area contributed by atoms with E-state index in [1.807, 2.05) is 0 Å². The molecule has 0 aromatic heterocycles. The number of esters is 1. The normalized spacial score (nSPS) is 12.2. The highest BCUT2D eigenvalue weighted by Gasteiger charge is 2.23. The summed E-state index contributed by atoms with van der Waals surface area (Å²) in [6, 6.07) is 0. The summed E-state index contributed by atoms with van der Waals surface area (Å²) in [6.07, 6.45) is 0. The summed E-state index contributed by atoms with van der Waals surface area (Å²) < 4.78 is 4.70. The zero-order chi connectivity index (χ0) is 12.8. The molecule has 0 aromatic carbocycles. The Morgan fingerprint density at radius 2 is 1.88 bits per heavy atom. The first-order chi connectivity index (χ1) is 7.31. The van der Waals surface area contributed by atoms with Crippen LogP contribution in [0.15, 0.2) is 5.16 Å². The number of Topliss-reactive ketones (excluding diaryl/α,β-unsaturated/α-hetero) is 1. The van der Waals surface area contributed by atoms with Crippen LogP contribution in [0.25, 0.3) is 0 Å². The highest BCUT2D eigenvalue weighted by atomic mass is 79.9. The maximum atomic E-state index is 11.4. The van der Waals surface area contributed by atoms with Gasteiger partial charge in [-0.25, -0.2) is 4.79 Å². The van der Waals surface area contributed by atoms with Crippen LogP contribution in [-0.2, 0) is 19.2 Å².